The lowest BCUT2D eigenvalue weighted by molar-refractivity contribution is -0.696. The lowest BCUT2D eigenvalue weighted by atomic mass is 10.2. The van der Waals surface area contributed by atoms with Gasteiger partial charge in [0.05, 0.1) is 10.6 Å². The van der Waals surface area contributed by atoms with Crippen molar-refractivity contribution in [2.45, 2.75) is 32.2 Å². The Morgan fingerprint density at radius 3 is 2.12 bits per heavy atom. The molecular formula is C16H21N4O3S+. The van der Waals surface area contributed by atoms with Crippen LogP contribution in [0.3, 0.4) is 0 Å². The first-order valence-electron chi connectivity index (χ1n) is 7.32. The van der Waals surface area contributed by atoms with E-state index >= 15 is 0 Å². The van der Waals surface area contributed by atoms with Gasteiger partial charge in [0.1, 0.15) is 0 Å². The summed E-state index contributed by atoms with van der Waals surface area (Å²) in [7, 11) is -3.72. The predicted octanol–water partition coefficient (Wildman–Crippen LogP) is 0.690. The third-order valence-electron chi connectivity index (χ3n) is 3.56. The molecule has 2 rings (SSSR count). The van der Waals surface area contributed by atoms with Crippen LogP contribution < -0.4 is 20.6 Å². The maximum atomic E-state index is 12.1. The van der Waals surface area contributed by atoms with Crippen LogP contribution in [0.1, 0.15) is 17.0 Å². The summed E-state index contributed by atoms with van der Waals surface area (Å²) in [6.07, 6.45) is 0. The van der Waals surface area contributed by atoms with Crippen molar-refractivity contribution >= 4 is 21.6 Å². The number of pyridine rings is 1. The van der Waals surface area contributed by atoms with Crippen molar-refractivity contribution in [2.75, 3.05) is 5.43 Å². The number of benzene rings is 1. The zero-order valence-corrected chi connectivity index (χ0v) is 14.6. The summed E-state index contributed by atoms with van der Waals surface area (Å²) >= 11 is 0. The van der Waals surface area contributed by atoms with Crippen molar-refractivity contribution in [1.82, 2.24) is 5.43 Å². The summed E-state index contributed by atoms with van der Waals surface area (Å²) < 4.78 is 24.3. The molecule has 1 aromatic heterocycles. The number of hydrazine groups is 1. The number of nitrogens with two attached hydrogens (primary N) is 1. The number of nitrogens with one attached hydrogen (secondary N) is 2. The van der Waals surface area contributed by atoms with Crippen molar-refractivity contribution in [3.05, 3.63) is 53.3 Å². The molecular weight excluding hydrogens is 328 g/mol. The van der Waals surface area contributed by atoms with Crippen LogP contribution in [0.4, 0.5) is 5.69 Å². The normalized spacial score (nSPS) is 11.2. The first-order chi connectivity index (χ1) is 11.2. The number of rotatable bonds is 5. The van der Waals surface area contributed by atoms with E-state index in [1.165, 1.54) is 24.3 Å². The molecule has 0 aliphatic heterocycles. The average Bonchev–Trinajstić information content (AvgIpc) is 2.48. The molecule has 128 valence electrons. The Morgan fingerprint density at radius 1 is 1.08 bits per heavy atom. The van der Waals surface area contributed by atoms with Crippen LogP contribution in [0.5, 0.6) is 0 Å². The van der Waals surface area contributed by atoms with Gasteiger partial charge in [-0.3, -0.25) is 15.6 Å². The van der Waals surface area contributed by atoms with Gasteiger partial charge in [-0.2, -0.15) is 4.57 Å². The van der Waals surface area contributed by atoms with Crippen LogP contribution in [0, 0.1) is 20.8 Å². The van der Waals surface area contributed by atoms with E-state index in [0.717, 1.165) is 17.0 Å². The number of anilines is 1. The molecule has 1 amide bonds. The third kappa shape index (κ3) is 4.53. The molecule has 0 aliphatic rings. The Morgan fingerprint density at radius 2 is 1.62 bits per heavy atom. The fraction of sp³-hybridized carbons (Fsp3) is 0.250. The maximum Gasteiger partial charge on any atom is 0.304 e. The molecule has 0 radical (unpaired) electrons. The molecule has 0 aliphatic carbocycles. The van der Waals surface area contributed by atoms with E-state index in [4.69, 9.17) is 5.14 Å². The molecule has 1 heterocycles. The minimum absolute atomic E-state index is 0.0147. The number of carbonyl (C=O) groups excluding carboxylic acids is 1. The molecule has 0 atom stereocenters. The molecule has 8 heteroatoms. The number of nitrogens with zero attached hydrogens (tertiary/aromatic N) is 1. The molecule has 7 nitrogen and oxygen atoms in total. The van der Waals surface area contributed by atoms with Gasteiger partial charge in [0, 0.05) is 26.0 Å². The first-order valence-corrected chi connectivity index (χ1v) is 8.87. The third-order valence-corrected chi connectivity index (χ3v) is 4.48. The minimum atomic E-state index is -3.72. The van der Waals surface area contributed by atoms with Crippen molar-refractivity contribution < 1.29 is 17.8 Å². The predicted molar refractivity (Wildman–Crippen MR) is 90.4 cm³/mol. The quantitative estimate of drug-likeness (QED) is 0.545. The van der Waals surface area contributed by atoms with Gasteiger partial charge in [0.2, 0.25) is 16.6 Å². The SMILES string of the molecule is Cc1cc(C)[n+](CC(=O)NNc2ccc(S(N)(=O)=O)cc2)c(C)c1. The zero-order valence-electron chi connectivity index (χ0n) is 13.8. The smallest absolute Gasteiger partial charge is 0.298 e. The molecule has 2 aromatic rings. The van der Waals surface area contributed by atoms with Gasteiger partial charge < -0.3 is 0 Å². The van der Waals surface area contributed by atoms with Crippen LogP contribution >= 0.6 is 0 Å². The summed E-state index contributed by atoms with van der Waals surface area (Å²) in [5.74, 6) is -0.217. The number of hydrogen-bond acceptors (Lipinski definition) is 4. The second kappa shape index (κ2) is 6.98. The van der Waals surface area contributed by atoms with E-state index < -0.39 is 10.0 Å². The van der Waals surface area contributed by atoms with Gasteiger partial charge in [-0.25, -0.2) is 13.6 Å². The number of aromatic nitrogens is 1. The topological polar surface area (TPSA) is 105 Å². The average molecular weight is 349 g/mol. The maximum absolute atomic E-state index is 12.1. The van der Waals surface area contributed by atoms with Gasteiger partial charge in [-0.15, -0.1) is 0 Å². The molecule has 1 aromatic carbocycles. The molecule has 0 unspecified atom stereocenters. The van der Waals surface area contributed by atoms with Crippen LogP contribution in [0.25, 0.3) is 0 Å². The summed E-state index contributed by atoms with van der Waals surface area (Å²) in [5.41, 5.74) is 9.03. The Kier molecular flexibility index (Phi) is 5.20. The molecule has 0 saturated heterocycles. The van der Waals surface area contributed by atoms with Crippen LogP contribution in [0.2, 0.25) is 0 Å². The number of hydrogen-bond donors (Lipinski definition) is 3. The fourth-order valence-electron chi connectivity index (χ4n) is 2.44. The highest BCUT2D eigenvalue weighted by molar-refractivity contribution is 7.89. The standard InChI is InChI=1S/C16H20N4O3S/c1-11-8-12(2)20(13(3)9-11)10-16(21)19-18-14-4-6-15(7-5-14)24(17,22)23/h4-9,18H,10H2,1-3H3,(H2-,17,19,21,22,23)/p+1. The van der Waals surface area contributed by atoms with E-state index in [1.807, 2.05) is 37.5 Å². The van der Waals surface area contributed by atoms with E-state index in [2.05, 4.69) is 10.9 Å². The number of amides is 1. The summed E-state index contributed by atoms with van der Waals surface area (Å²) in [5, 5.41) is 5.03. The van der Waals surface area contributed by atoms with Gasteiger partial charge in [0.25, 0.3) is 0 Å². The van der Waals surface area contributed by atoms with E-state index in [9.17, 15) is 13.2 Å². The molecule has 4 N–H and O–H groups in total. The van der Waals surface area contributed by atoms with Crippen molar-refractivity contribution in [3.63, 3.8) is 0 Å². The van der Waals surface area contributed by atoms with Crippen LogP contribution in [-0.4, -0.2) is 14.3 Å². The van der Waals surface area contributed by atoms with E-state index in [1.54, 1.807) is 0 Å². The number of carbonyl (C=O) groups is 1. The fourth-order valence-corrected chi connectivity index (χ4v) is 2.95. The number of primary sulfonamides is 1. The largest absolute Gasteiger partial charge is 0.304 e. The Balaban J connectivity index is 1.99. The summed E-state index contributed by atoms with van der Waals surface area (Å²) in [4.78, 5) is 12.1. The van der Waals surface area contributed by atoms with Crippen molar-refractivity contribution in [1.29, 1.82) is 0 Å². The van der Waals surface area contributed by atoms with Gasteiger partial charge >= 0.3 is 5.91 Å². The van der Waals surface area contributed by atoms with Crippen molar-refractivity contribution in [2.24, 2.45) is 5.14 Å². The number of sulfonamides is 1. The second-order valence-electron chi connectivity index (χ2n) is 5.64. The van der Waals surface area contributed by atoms with Gasteiger partial charge in [-0.1, -0.05) is 0 Å². The van der Waals surface area contributed by atoms with E-state index in [0.29, 0.717) is 5.69 Å². The highest BCUT2D eigenvalue weighted by atomic mass is 32.2. The van der Waals surface area contributed by atoms with Gasteiger partial charge in [-0.05, 0) is 36.8 Å². The van der Waals surface area contributed by atoms with Crippen molar-refractivity contribution in [3.8, 4) is 0 Å². The molecule has 0 spiro atoms. The minimum Gasteiger partial charge on any atom is -0.298 e. The lowest BCUT2D eigenvalue weighted by Gasteiger charge is -2.09. The number of aryl methyl sites for hydroxylation is 3. The highest BCUT2D eigenvalue weighted by Crippen LogP contribution is 2.11. The summed E-state index contributed by atoms with van der Waals surface area (Å²) in [6.45, 7) is 6.09. The van der Waals surface area contributed by atoms with Crippen LogP contribution in [0.15, 0.2) is 41.3 Å². The Labute approximate surface area is 141 Å². The van der Waals surface area contributed by atoms with Gasteiger partial charge in [0.15, 0.2) is 11.4 Å². The Bertz CT molecular complexity index is 838. The second-order valence-corrected chi connectivity index (χ2v) is 7.21. The molecule has 0 saturated carbocycles. The first kappa shape index (κ1) is 17.9. The zero-order chi connectivity index (χ0) is 17.9. The Hall–Kier alpha value is -2.45. The molecule has 24 heavy (non-hydrogen) atoms. The summed E-state index contributed by atoms with van der Waals surface area (Å²) in [6, 6.07) is 9.81. The van der Waals surface area contributed by atoms with Crippen LogP contribution in [-0.2, 0) is 21.4 Å². The molecule has 0 fully saturated rings. The highest BCUT2D eigenvalue weighted by Gasteiger charge is 2.16. The molecule has 0 bridgehead atoms. The monoisotopic (exact) mass is 349 g/mol. The van der Waals surface area contributed by atoms with E-state index in [-0.39, 0.29) is 17.3 Å². The lowest BCUT2D eigenvalue weighted by Crippen LogP contribution is -2.48.